The lowest BCUT2D eigenvalue weighted by Crippen LogP contribution is -2.11. The van der Waals surface area contributed by atoms with Crippen LogP contribution < -0.4 is 0 Å². The SMILES string of the molecule is CCCCCC(C)CCC(C)(C)CC. The van der Waals surface area contributed by atoms with Crippen LogP contribution in [0.5, 0.6) is 0 Å². The lowest BCUT2D eigenvalue weighted by Gasteiger charge is -2.24. The molecule has 0 amide bonds. The Bertz CT molecular complexity index is 124. The average molecular weight is 198 g/mol. The Morgan fingerprint density at radius 3 is 2.14 bits per heavy atom. The summed E-state index contributed by atoms with van der Waals surface area (Å²) in [6, 6.07) is 0. The third kappa shape index (κ3) is 7.41. The molecule has 0 radical (unpaired) electrons. The number of hydrogen-bond donors (Lipinski definition) is 0. The molecule has 1 unspecified atom stereocenters. The topological polar surface area (TPSA) is 0 Å². The van der Waals surface area contributed by atoms with Crippen molar-refractivity contribution in [2.45, 2.75) is 79.6 Å². The van der Waals surface area contributed by atoms with Crippen molar-refractivity contribution in [2.75, 3.05) is 0 Å². The maximum Gasteiger partial charge on any atom is -0.0357 e. The molecule has 0 aliphatic carbocycles. The normalized spacial score (nSPS) is 14.4. The summed E-state index contributed by atoms with van der Waals surface area (Å²) < 4.78 is 0. The van der Waals surface area contributed by atoms with E-state index in [-0.39, 0.29) is 0 Å². The highest BCUT2D eigenvalue weighted by atomic mass is 14.2. The first kappa shape index (κ1) is 14.0. The smallest absolute Gasteiger partial charge is 0.0357 e. The van der Waals surface area contributed by atoms with E-state index in [1.807, 2.05) is 0 Å². The summed E-state index contributed by atoms with van der Waals surface area (Å²) in [5.74, 6) is 0.937. The summed E-state index contributed by atoms with van der Waals surface area (Å²) in [4.78, 5) is 0. The zero-order valence-corrected chi connectivity index (χ0v) is 11.0. The lowest BCUT2D eigenvalue weighted by atomic mass is 9.82. The van der Waals surface area contributed by atoms with Crippen molar-refractivity contribution < 1.29 is 0 Å². The molecule has 0 saturated heterocycles. The van der Waals surface area contributed by atoms with E-state index in [0.717, 1.165) is 5.92 Å². The molecule has 0 bridgehead atoms. The molecule has 86 valence electrons. The highest BCUT2D eigenvalue weighted by molar-refractivity contribution is 4.68. The Morgan fingerprint density at radius 2 is 1.64 bits per heavy atom. The fourth-order valence-corrected chi connectivity index (χ4v) is 1.70. The third-order valence-electron chi connectivity index (χ3n) is 3.57. The Hall–Kier alpha value is 0. The van der Waals surface area contributed by atoms with E-state index in [9.17, 15) is 0 Å². The summed E-state index contributed by atoms with van der Waals surface area (Å²) in [5, 5.41) is 0. The Kier molecular flexibility index (Phi) is 7.31. The lowest BCUT2D eigenvalue weighted by molar-refractivity contribution is 0.282. The van der Waals surface area contributed by atoms with Crippen LogP contribution >= 0.6 is 0 Å². The summed E-state index contributed by atoms with van der Waals surface area (Å²) in [7, 11) is 0. The maximum absolute atomic E-state index is 2.42. The second-order valence-corrected chi connectivity index (χ2v) is 5.66. The van der Waals surface area contributed by atoms with Gasteiger partial charge in [-0.05, 0) is 17.8 Å². The van der Waals surface area contributed by atoms with E-state index in [4.69, 9.17) is 0 Å². The number of unbranched alkanes of at least 4 members (excludes halogenated alkanes) is 2. The van der Waals surface area contributed by atoms with Crippen LogP contribution in [0.3, 0.4) is 0 Å². The number of rotatable bonds is 8. The van der Waals surface area contributed by atoms with Crippen LogP contribution in [0.1, 0.15) is 79.6 Å². The summed E-state index contributed by atoms with van der Waals surface area (Å²) in [6.45, 7) is 11.8. The van der Waals surface area contributed by atoms with E-state index in [1.165, 1.54) is 44.9 Å². The van der Waals surface area contributed by atoms with Crippen molar-refractivity contribution in [3.05, 3.63) is 0 Å². The molecule has 0 aromatic rings. The van der Waals surface area contributed by atoms with E-state index in [0.29, 0.717) is 5.41 Å². The highest BCUT2D eigenvalue weighted by Crippen LogP contribution is 2.29. The van der Waals surface area contributed by atoms with Gasteiger partial charge < -0.3 is 0 Å². The molecule has 0 rings (SSSR count). The molecular formula is C14H30. The van der Waals surface area contributed by atoms with Crippen molar-refractivity contribution in [1.29, 1.82) is 0 Å². The molecule has 1 atom stereocenters. The monoisotopic (exact) mass is 198 g/mol. The minimum atomic E-state index is 0.568. The van der Waals surface area contributed by atoms with Gasteiger partial charge in [-0.25, -0.2) is 0 Å². The van der Waals surface area contributed by atoms with Gasteiger partial charge >= 0.3 is 0 Å². The van der Waals surface area contributed by atoms with Crippen LogP contribution in [-0.2, 0) is 0 Å². The molecular weight excluding hydrogens is 168 g/mol. The highest BCUT2D eigenvalue weighted by Gasteiger charge is 2.15. The fraction of sp³-hybridized carbons (Fsp3) is 1.00. The van der Waals surface area contributed by atoms with E-state index in [2.05, 4.69) is 34.6 Å². The van der Waals surface area contributed by atoms with Crippen LogP contribution in [-0.4, -0.2) is 0 Å². The van der Waals surface area contributed by atoms with Crippen molar-refractivity contribution in [2.24, 2.45) is 11.3 Å². The molecule has 0 fully saturated rings. The molecule has 0 aromatic heterocycles. The maximum atomic E-state index is 2.42. The van der Waals surface area contributed by atoms with Gasteiger partial charge in [0.2, 0.25) is 0 Å². The van der Waals surface area contributed by atoms with Gasteiger partial charge in [0.1, 0.15) is 0 Å². The predicted octanol–water partition coefficient (Wildman–Crippen LogP) is 5.42. The van der Waals surface area contributed by atoms with Crippen molar-refractivity contribution >= 4 is 0 Å². The molecule has 0 aromatic carbocycles. The zero-order chi connectivity index (χ0) is 11.0. The van der Waals surface area contributed by atoms with Gasteiger partial charge in [-0.15, -0.1) is 0 Å². The Balaban J connectivity index is 3.48. The average Bonchev–Trinajstić information content (AvgIpc) is 2.16. The molecule has 0 aliphatic rings. The van der Waals surface area contributed by atoms with Crippen LogP contribution in [0.4, 0.5) is 0 Å². The Labute approximate surface area is 91.5 Å². The van der Waals surface area contributed by atoms with Gasteiger partial charge in [-0.3, -0.25) is 0 Å². The zero-order valence-electron chi connectivity index (χ0n) is 11.0. The van der Waals surface area contributed by atoms with Crippen LogP contribution in [0.2, 0.25) is 0 Å². The molecule has 0 saturated carbocycles. The van der Waals surface area contributed by atoms with E-state index in [1.54, 1.807) is 0 Å². The number of hydrogen-bond acceptors (Lipinski definition) is 0. The standard InChI is InChI=1S/C14H30/c1-6-8-9-10-13(3)11-12-14(4,5)7-2/h13H,6-12H2,1-5H3. The second kappa shape index (κ2) is 7.31. The van der Waals surface area contributed by atoms with Crippen LogP contribution in [0.15, 0.2) is 0 Å². The van der Waals surface area contributed by atoms with Gasteiger partial charge in [0.25, 0.3) is 0 Å². The van der Waals surface area contributed by atoms with Gasteiger partial charge in [0.15, 0.2) is 0 Å². The molecule has 0 heteroatoms. The van der Waals surface area contributed by atoms with E-state index < -0.39 is 0 Å². The first-order valence-electron chi connectivity index (χ1n) is 6.52. The molecule has 0 N–H and O–H groups in total. The third-order valence-corrected chi connectivity index (χ3v) is 3.57. The summed E-state index contributed by atoms with van der Waals surface area (Å²) in [5.41, 5.74) is 0.568. The van der Waals surface area contributed by atoms with Gasteiger partial charge in [0.05, 0.1) is 0 Å². The first-order valence-corrected chi connectivity index (χ1v) is 6.52. The molecule has 0 spiro atoms. The van der Waals surface area contributed by atoms with Crippen molar-refractivity contribution in [1.82, 2.24) is 0 Å². The fourth-order valence-electron chi connectivity index (χ4n) is 1.70. The minimum Gasteiger partial charge on any atom is -0.0654 e. The largest absolute Gasteiger partial charge is 0.0654 e. The summed E-state index contributed by atoms with van der Waals surface area (Å²) >= 11 is 0. The molecule has 0 heterocycles. The predicted molar refractivity (Wildman–Crippen MR) is 66.6 cm³/mol. The van der Waals surface area contributed by atoms with Crippen molar-refractivity contribution in [3.8, 4) is 0 Å². The quantitative estimate of drug-likeness (QED) is 0.457. The molecule has 14 heavy (non-hydrogen) atoms. The van der Waals surface area contributed by atoms with E-state index >= 15 is 0 Å². The van der Waals surface area contributed by atoms with Crippen molar-refractivity contribution in [3.63, 3.8) is 0 Å². The molecule has 0 aliphatic heterocycles. The van der Waals surface area contributed by atoms with Gasteiger partial charge in [0, 0.05) is 0 Å². The molecule has 0 nitrogen and oxygen atoms in total. The minimum absolute atomic E-state index is 0.568. The summed E-state index contributed by atoms with van der Waals surface area (Å²) in [6.07, 6.45) is 9.78. The van der Waals surface area contributed by atoms with Crippen LogP contribution in [0.25, 0.3) is 0 Å². The first-order chi connectivity index (χ1) is 6.52. The van der Waals surface area contributed by atoms with Gasteiger partial charge in [-0.2, -0.15) is 0 Å². The van der Waals surface area contributed by atoms with Crippen LogP contribution in [0, 0.1) is 11.3 Å². The Morgan fingerprint density at radius 1 is 1.00 bits per heavy atom. The van der Waals surface area contributed by atoms with Gasteiger partial charge in [-0.1, -0.05) is 73.1 Å². The second-order valence-electron chi connectivity index (χ2n) is 5.66.